The molecule has 0 amide bonds. The van der Waals surface area contributed by atoms with Crippen LogP contribution in [0.15, 0.2) is 24.4 Å². The predicted octanol–water partition coefficient (Wildman–Crippen LogP) is 2.63. The second kappa shape index (κ2) is 8.57. The Morgan fingerprint density at radius 1 is 1.39 bits per heavy atom. The Bertz CT molecular complexity index is 658. The SMILES string of the molecule is CC(C)OCCN(C)C1CN(C2(C(=O)c3ccccn3)CCOC(C)(C)C2)C1. The lowest BCUT2D eigenvalue weighted by molar-refractivity contribution is -0.131. The quantitative estimate of drug-likeness (QED) is 0.637. The van der Waals surface area contributed by atoms with Gasteiger partial charge < -0.3 is 9.47 Å². The van der Waals surface area contributed by atoms with Crippen LogP contribution in [0.3, 0.4) is 0 Å². The van der Waals surface area contributed by atoms with E-state index in [9.17, 15) is 4.79 Å². The topological polar surface area (TPSA) is 54.9 Å². The Morgan fingerprint density at radius 3 is 2.75 bits per heavy atom. The highest BCUT2D eigenvalue weighted by Gasteiger charge is 2.54. The van der Waals surface area contributed by atoms with Gasteiger partial charge in [0.05, 0.1) is 23.9 Å². The van der Waals surface area contributed by atoms with Gasteiger partial charge in [0.15, 0.2) is 0 Å². The number of rotatable bonds is 8. The predicted molar refractivity (Wildman–Crippen MR) is 110 cm³/mol. The maximum absolute atomic E-state index is 13.6. The Labute approximate surface area is 169 Å². The van der Waals surface area contributed by atoms with E-state index in [4.69, 9.17) is 9.47 Å². The van der Waals surface area contributed by atoms with Crippen LogP contribution in [-0.4, -0.2) is 83.7 Å². The van der Waals surface area contributed by atoms with Gasteiger partial charge in [-0.1, -0.05) is 6.07 Å². The Morgan fingerprint density at radius 2 is 2.14 bits per heavy atom. The molecule has 3 heterocycles. The molecule has 2 fully saturated rings. The van der Waals surface area contributed by atoms with Gasteiger partial charge in [-0.3, -0.25) is 19.6 Å². The summed E-state index contributed by atoms with van der Waals surface area (Å²) >= 11 is 0. The summed E-state index contributed by atoms with van der Waals surface area (Å²) in [6.07, 6.45) is 3.38. The number of hydrogen-bond donors (Lipinski definition) is 0. The van der Waals surface area contributed by atoms with Crippen molar-refractivity contribution in [3.05, 3.63) is 30.1 Å². The normalized spacial score (nSPS) is 25.8. The zero-order chi connectivity index (χ0) is 20.4. The van der Waals surface area contributed by atoms with E-state index in [1.54, 1.807) is 6.20 Å². The highest BCUT2D eigenvalue weighted by molar-refractivity contribution is 6.02. The molecule has 0 spiro atoms. The molecule has 0 aromatic carbocycles. The molecule has 6 heteroatoms. The molecule has 28 heavy (non-hydrogen) atoms. The molecule has 1 aromatic rings. The second-order valence-electron chi connectivity index (χ2n) is 9.07. The van der Waals surface area contributed by atoms with E-state index in [-0.39, 0.29) is 17.5 Å². The Hall–Kier alpha value is -1.34. The van der Waals surface area contributed by atoms with Crippen molar-refractivity contribution in [2.24, 2.45) is 0 Å². The molecular weight excluding hydrogens is 354 g/mol. The van der Waals surface area contributed by atoms with Crippen molar-refractivity contribution in [3.63, 3.8) is 0 Å². The van der Waals surface area contributed by atoms with E-state index in [0.717, 1.165) is 32.7 Å². The first-order valence-electron chi connectivity index (χ1n) is 10.4. The first-order chi connectivity index (χ1) is 13.2. The summed E-state index contributed by atoms with van der Waals surface area (Å²) < 4.78 is 11.6. The molecule has 156 valence electrons. The van der Waals surface area contributed by atoms with Gasteiger partial charge in [0.2, 0.25) is 5.78 Å². The third-order valence-electron chi connectivity index (χ3n) is 6.03. The first-order valence-corrected chi connectivity index (χ1v) is 10.4. The number of ether oxygens (including phenoxy) is 2. The van der Waals surface area contributed by atoms with Crippen LogP contribution in [0.5, 0.6) is 0 Å². The van der Waals surface area contributed by atoms with Crippen molar-refractivity contribution in [2.45, 2.75) is 63.8 Å². The fourth-order valence-corrected chi connectivity index (χ4v) is 4.38. The molecule has 0 N–H and O–H groups in total. The number of carbonyl (C=O) groups excluding carboxylic acids is 1. The summed E-state index contributed by atoms with van der Waals surface area (Å²) in [5.41, 5.74) is -0.283. The fraction of sp³-hybridized carbons (Fsp3) is 0.727. The van der Waals surface area contributed by atoms with Gasteiger partial charge >= 0.3 is 0 Å². The molecule has 1 aromatic heterocycles. The highest BCUT2D eigenvalue weighted by Crippen LogP contribution is 2.41. The number of pyridine rings is 1. The van der Waals surface area contributed by atoms with Gasteiger partial charge in [-0.25, -0.2) is 0 Å². The van der Waals surface area contributed by atoms with Crippen molar-refractivity contribution in [2.75, 3.05) is 39.9 Å². The number of carbonyl (C=O) groups is 1. The van der Waals surface area contributed by atoms with Crippen LogP contribution in [-0.2, 0) is 9.47 Å². The van der Waals surface area contributed by atoms with Crippen LogP contribution in [0.4, 0.5) is 0 Å². The van der Waals surface area contributed by atoms with Gasteiger partial charge in [0.1, 0.15) is 5.69 Å². The highest BCUT2D eigenvalue weighted by atomic mass is 16.5. The zero-order valence-corrected chi connectivity index (χ0v) is 18.0. The van der Waals surface area contributed by atoms with Gasteiger partial charge in [0, 0.05) is 44.9 Å². The van der Waals surface area contributed by atoms with Gasteiger partial charge in [-0.05, 0) is 53.3 Å². The number of ketones is 1. The molecule has 3 rings (SSSR count). The van der Waals surface area contributed by atoms with E-state index >= 15 is 0 Å². The van der Waals surface area contributed by atoms with Crippen LogP contribution >= 0.6 is 0 Å². The number of likely N-dealkylation sites (tertiary alicyclic amines) is 1. The van der Waals surface area contributed by atoms with Crippen molar-refractivity contribution >= 4 is 5.78 Å². The standard InChI is InChI=1S/C22H35N3O3/c1-17(2)27-13-11-24(5)18-14-25(15-18)22(9-12-28-21(3,4)16-22)20(26)19-8-6-7-10-23-19/h6-8,10,17-18H,9,11-16H2,1-5H3. The minimum Gasteiger partial charge on any atom is -0.377 e. The van der Waals surface area contributed by atoms with Crippen LogP contribution in [0.1, 0.15) is 51.0 Å². The van der Waals surface area contributed by atoms with E-state index in [2.05, 4.69) is 49.5 Å². The lowest BCUT2D eigenvalue weighted by atomic mass is 9.74. The minimum atomic E-state index is -0.526. The lowest BCUT2D eigenvalue weighted by Gasteiger charge is -2.57. The molecular formula is C22H35N3O3. The summed E-state index contributed by atoms with van der Waals surface area (Å²) in [6.45, 7) is 12.3. The monoisotopic (exact) mass is 389 g/mol. The summed E-state index contributed by atoms with van der Waals surface area (Å²) in [6, 6.07) is 6.03. The molecule has 2 aliphatic heterocycles. The van der Waals surface area contributed by atoms with E-state index in [1.807, 2.05) is 18.2 Å². The van der Waals surface area contributed by atoms with Crippen LogP contribution in [0, 0.1) is 0 Å². The van der Waals surface area contributed by atoms with E-state index in [1.165, 1.54) is 0 Å². The number of likely N-dealkylation sites (N-methyl/N-ethyl adjacent to an activating group) is 1. The average Bonchev–Trinajstić information content (AvgIpc) is 2.59. The van der Waals surface area contributed by atoms with Gasteiger partial charge in [-0.15, -0.1) is 0 Å². The van der Waals surface area contributed by atoms with Crippen molar-refractivity contribution in [1.82, 2.24) is 14.8 Å². The second-order valence-corrected chi connectivity index (χ2v) is 9.07. The summed E-state index contributed by atoms with van der Waals surface area (Å²) in [4.78, 5) is 22.6. The molecule has 2 aliphatic rings. The fourth-order valence-electron chi connectivity index (χ4n) is 4.38. The molecule has 6 nitrogen and oxygen atoms in total. The Balaban J connectivity index is 1.70. The maximum Gasteiger partial charge on any atom is 0.201 e. The van der Waals surface area contributed by atoms with Crippen LogP contribution < -0.4 is 0 Å². The molecule has 1 atom stereocenters. The molecule has 0 bridgehead atoms. The molecule has 0 aliphatic carbocycles. The third-order valence-corrected chi connectivity index (χ3v) is 6.03. The molecule has 2 saturated heterocycles. The number of aromatic nitrogens is 1. The summed E-state index contributed by atoms with van der Waals surface area (Å²) in [5.74, 6) is 0.133. The van der Waals surface area contributed by atoms with Gasteiger partial charge in [-0.2, -0.15) is 0 Å². The van der Waals surface area contributed by atoms with Gasteiger partial charge in [0.25, 0.3) is 0 Å². The summed E-state index contributed by atoms with van der Waals surface area (Å²) in [7, 11) is 2.15. The number of Topliss-reactive ketones (excluding diaryl/α,β-unsaturated/α-hetero) is 1. The largest absolute Gasteiger partial charge is 0.377 e. The lowest BCUT2D eigenvalue weighted by Crippen LogP contribution is -2.71. The molecule has 0 radical (unpaired) electrons. The number of hydrogen-bond acceptors (Lipinski definition) is 6. The van der Waals surface area contributed by atoms with E-state index in [0.29, 0.717) is 24.8 Å². The average molecular weight is 390 g/mol. The van der Waals surface area contributed by atoms with Crippen LogP contribution in [0.2, 0.25) is 0 Å². The number of nitrogens with zero attached hydrogens (tertiary/aromatic N) is 3. The van der Waals surface area contributed by atoms with E-state index < -0.39 is 5.54 Å². The first kappa shape index (κ1) is 21.4. The smallest absolute Gasteiger partial charge is 0.201 e. The zero-order valence-electron chi connectivity index (χ0n) is 18.0. The van der Waals surface area contributed by atoms with Crippen molar-refractivity contribution < 1.29 is 14.3 Å². The van der Waals surface area contributed by atoms with Crippen molar-refractivity contribution in [3.8, 4) is 0 Å². The molecule has 1 unspecified atom stereocenters. The van der Waals surface area contributed by atoms with Crippen LogP contribution in [0.25, 0.3) is 0 Å². The summed E-state index contributed by atoms with van der Waals surface area (Å²) in [5, 5.41) is 0. The van der Waals surface area contributed by atoms with Crippen molar-refractivity contribution in [1.29, 1.82) is 0 Å². The Kier molecular flexibility index (Phi) is 6.54. The maximum atomic E-state index is 13.6. The third kappa shape index (κ3) is 4.62. The molecule has 0 saturated carbocycles. The minimum absolute atomic E-state index is 0.133.